The maximum atomic E-state index is 12.5. The molecule has 176 valence electrons. The van der Waals surface area contributed by atoms with Gasteiger partial charge in [0.05, 0.1) is 17.9 Å². The molecule has 2 aromatic carbocycles. The first-order valence-electron chi connectivity index (χ1n) is 10.8. The number of aromatic nitrogens is 3. The molecule has 0 saturated carbocycles. The molecule has 0 saturated heterocycles. The highest BCUT2D eigenvalue weighted by Crippen LogP contribution is 2.30. The van der Waals surface area contributed by atoms with Crippen LogP contribution in [0.5, 0.6) is 0 Å². The second-order valence-corrected chi connectivity index (χ2v) is 9.25. The minimum absolute atomic E-state index is 0.135. The molecule has 4 aromatic rings. The number of hydrogen-bond acceptors (Lipinski definition) is 7. The van der Waals surface area contributed by atoms with Crippen molar-refractivity contribution in [2.75, 3.05) is 17.7 Å². The molecule has 34 heavy (non-hydrogen) atoms. The molecule has 1 amide bonds. The Morgan fingerprint density at radius 1 is 1.15 bits per heavy atom. The predicted molar refractivity (Wildman–Crippen MR) is 135 cm³/mol. The van der Waals surface area contributed by atoms with E-state index in [9.17, 15) is 9.59 Å². The van der Waals surface area contributed by atoms with E-state index in [1.54, 1.807) is 24.3 Å². The highest BCUT2D eigenvalue weighted by molar-refractivity contribution is 9.10. The van der Waals surface area contributed by atoms with Crippen LogP contribution in [0.4, 0.5) is 5.69 Å². The monoisotopic (exact) mass is 542 g/mol. The summed E-state index contributed by atoms with van der Waals surface area (Å²) in [6.07, 6.45) is 0.748. The van der Waals surface area contributed by atoms with Crippen LogP contribution >= 0.6 is 27.7 Å². The van der Waals surface area contributed by atoms with E-state index in [1.165, 1.54) is 11.8 Å². The molecule has 2 aromatic heterocycles. The molecule has 0 aliphatic heterocycles. The normalized spacial score (nSPS) is 11.0. The molecule has 0 aliphatic carbocycles. The standard InChI is InChI=1S/C24H23BrN4O4S/c1-3-10-32-23(31)15-6-5-7-18(12-15)26-21(30)14-34-24-28-27-22(29(24)4-2)20-13-16-11-17(25)8-9-19(16)33-20/h5-9,11-13H,3-4,10,14H2,1-2H3,(H,26,30). The van der Waals surface area contributed by atoms with Crippen molar-refractivity contribution in [2.24, 2.45) is 0 Å². The van der Waals surface area contributed by atoms with Crippen LogP contribution in [0.25, 0.3) is 22.6 Å². The fourth-order valence-electron chi connectivity index (χ4n) is 3.32. The molecule has 10 heteroatoms. The Kier molecular flexibility index (Phi) is 7.69. The number of benzene rings is 2. The first kappa shape index (κ1) is 24.0. The summed E-state index contributed by atoms with van der Waals surface area (Å²) in [6.45, 7) is 4.89. The van der Waals surface area contributed by atoms with Crippen molar-refractivity contribution in [1.29, 1.82) is 0 Å². The second kappa shape index (κ2) is 10.9. The number of hydrogen-bond donors (Lipinski definition) is 1. The molecule has 2 heterocycles. The molecule has 0 unspecified atom stereocenters. The van der Waals surface area contributed by atoms with Gasteiger partial charge in [0, 0.05) is 22.1 Å². The minimum Gasteiger partial charge on any atom is -0.462 e. The Morgan fingerprint density at radius 2 is 2.00 bits per heavy atom. The maximum absolute atomic E-state index is 12.5. The van der Waals surface area contributed by atoms with Crippen molar-refractivity contribution in [3.8, 4) is 11.6 Å². The molecule has 0 fully saturated rings. The minimum atomic E-state index is -0.408. The van der Waals surface area contributed by atoms with Gasteiger partial charge in [-0.3, -0.25) is 9.36 Å². The summed E-state index contributed by atoms with van der Waals surface area (Å²) in [6, 6.07) is 14.4. The van der Waals surface area contributed by atoms with Gasteiger partial charge < -0.3 is 14.5 Å². The summed E-state index contributed by atoms with van der Waals surface area (Å²) in [4.78, 5) is 24.6. The summed E-state index contributed by atoms with van der Waals surface area (Å²) >= 11 is 4.75. The fourth-order valence-corrected chi connectivity index (χ4v) is 4.50. The van der Waals surface area contributed by atoms with Gasteiger partial charge in [0.1, 0.15) is 5.58 Å². The summed E-state index contributed by atoms with van der Waals surface area (Å²) in [5.74, 6) is 0.732. The first-order chi connectivity index (χ1) is 16.5. The van der Waals surface area contributed by atoms with Crippen molar-refractivity contribution in [3.63, 3.8) is 0 Å². The van der Waals surface area contributed by atoms with Crippen molar-refractivity contribution >= 4 is 56.2 Å². The van der Waals surface area contributed by atoms with Gasteiger partial charge in [-0.15, -0.1) is 10.2 Å². The van der Waals surface area contributed by atoms with Gasteiger partial charge in [-0.1, -0.05) is 40.7 Å². The number of esters is 1. The number of ether oxygens (including phenoxy) is 1. The lowest BCUT2D eigenvalue weighted by molar-refractivity contribution is -0.113. The zero-order valence-corrected chi connectivity index (χ0v) is 21.1. The highest BCUT2D eigenvalue weighted by Gasteiger charge is 2.18. The number of anilines is 1. The lowest BCUT2D eigenvalue weighted by Gasteiger charge is -2.08. The highest BCUT2D eigenvalue weighted by atomic mass is 79.9. The van der Waals surface area contributed by atoms with Gasteiger partial charge in [-0.2, -0.15) is 0 Å². The van der Waals surface area contributed by atoms with Crippen LogP contribution < -0.4 is 5.32 Å². The van der Waals surface area contributed by atoms with E-state index in [0.29, 0.717) is 41.1 Å². The number of furan rings is 1. The Hall–Kier alpha value is -3.11. The molecule has 0 spiro atoms. The molecule has 0 bridgehead atoms. The number of thioether (sulfide) groups is 1. The van der Waals surface area contributed by atoms with E-state index in [4.69, 9.17) is 9.15 Å². The smallest absolute Gasteiger partial charge is 0.338 e. The van der Waals surface area contributed by atoms with Crippen LogP contribution in [-0.4, -0.2) is 39.0 Å². The van der Waals surface area contributed by atoms with Crippen molar-refractivity contribution in [3.05, 3.63) is 58.6 Å². The van der Waals surface area contributed by atoms with Crippen LogP contribution in [0, 0.1) is 0 Å². The van der Waals surface area contributed by atoms with Gasteiger partial charge in [-0.25, -0.2) is 4.79 Å². The number of amides is 1. The average Bonchev–Trinajstić information content (AvgIpc) is 3.44. The van der Waals surface area contributed by atoms with Crippen LogP contribution in [0.15, 0.2) is 62.6 Å². The van der Waals surface area contributed by atoms with Gasteiger partial charge in [-0.05, 0) is 55.8 Å². The van der Waals surface area contributed by atoms with E-state index in [-0.39, 0.29) is 11.7 Å². The molecule has 1 N–H and O–H groups in total. The summed E-state index contributed by atoms with van der Waals surface area (Å²) in [5.41, 5.74) is 1.69. The largest absolute Gasteiger partial charge is 0.462 e. The number of nitrogens with zero attached hydrogens (tertiary/aromatic N) is 3. The van der Waals surface area contributed by atoms with E-state index in [2.05, 4.69) is 31.4 Å². The van der Waals surface area contributed by atoms with E-state index in [0.717, 1.165) is 21.9 Å². The molecule has 4 rings (SSSR count). The third-order valence-electron chi connectivity index (χ3n) is 4.88. The van der Waals surface area contributed by atoms with Crippen molar-refractivity contribution in [1.82, 2.24) is 14.8 Å². The summed E-state index contributed by atoms with van der Waals surface area (Å²) < 4.78 is 14.0. The predicted octanol–water partition coefficient (Wildman–Crippen LogP) is 5.77. The number of carbonyl (C=O) groups is 2. The van der Waals surface area contributed by atoms with Crippen LogP contribution in [0.3, 0.4) is 0 Å². The third-order valence-corrected chi connectivity index (χ3v) is 6.34. The number of nitrogens with one attached hydrogen (secondary N) is 1. The zero-order valence-electron chi connectivity index (χ0n) is 18.7. The van der Waals surface area contributed by atoms with E-state index in [1.807, 2.05) is 42.7 Å². The van der Waals surface area contributed by atoms with Gasteiger partial charge in [0.25, 0.3) is 0 Å². The lowest BCUT2D eigenvalue weighted by atomic mass is 10.2. The number of halogens is 1. The molecule has 0 radical (unpaired) electrons. The Bertz CT molecular complexity index is 1330. The lowest BCUT2D eigenvalue weighted by Crippen LogP contribution is -2.15. The van der Waals surface area contributed by atoms with E-state index >= 15 is 0 Å². The van der Waals surface area contributed by atoms with Crippen LogP contribution in [-0.2, 0) is 16.1 Å². The Labute approximate surface area is 209 Å². The van der Waals surface area contributed by atoms with E-state index < -0.39 is 5.97 Å². The summed E-state index contributed by atoms with van der Waals surface area (Å²) in [5, 5.41) is 13.0. The Morgan fingerprint density at radius 3 is 2.79 bits per heavy atom. The second-order valence-electron chi connectivity index (χ2n) is 7.40. The number of rotatable bonds is 9. The SMILES string of the molecule is CCCOC(=O)c1cccc(NC(=O)CSc2nnc(-c3cc4cc(Br)ccc4o3)n2CC)c1. The molecular weight excluding hydrogens is 520 g/mol. The molecule has 8 nitrogen and oxygen atoms in total. The number of carbonyl (C=O) groups excluding carboxylic acids is 2. The van der Waals surface area contributed by atoms with Gasteiger partial charge in [0.2, 0.25) is 11.7 Å². The summed E-state index contributed by atoms with van der Waals surface area (Å²) in [7, 11) is 0. The fraction of sp³-hybridized carbons (Fsp3) is 0.250. The Balaban J connectivity index is 1.42. The molecule has 0 aliphatic rings. The zero-order chi connectivity index (χ0) is 24.1. The van der Waals surface area contributed by atoms with Crippen LogP contribution in [0.1, 0.15) is 30.6 Å². The van der Waals surface area contributed by atoms with Crippen LogP contribution in [0.2, 0.25) is 0 Å². The van der Waals surface area contributed by atoms with Gasteiger partial charge >= 0.3 is 5.97 Å². The molecule has 0 atom stereocenters. The van der Waals surface area contributed by atoms with Gasteiger partial charge in [0.15, 0.2) is 10.9 Å². The quantitative estimate of drug-likeness (QED) is 0.211. The average molecular weight is 543 g/mol. The molecular formula is C24H23BrN4O4S. The van der Waals surface area contributed by atoms with Crippen molar-refractivity contribution < 1.29 is 18.7 Å². The third kappa shape index (κ3) is 5.51. The topological polar surface area (TPSA) is 99.2 Å². The number of fused-ring (bicyclic) bond motifs is 1. The van der Waals surface area contributed by atoms with Crippen molar-refractivity contribution in [2.45, 2.75) is 32.0 Å². The first-order valence-corrected chi connectivity index (χ1v) is 12.6. The maximum Gasteiger partial charge on any atom is 0.338 e.